The van der Waals surface area contributed by atoms with Crippen LogP contribution in [0.3, 0.4) is 0 Å². The van der Waals surface area contributed by atoms with Crippen LogP contribution in [0.25, 0.3) is 0 Å². The predicted octanol–water partition coefficient (Wildman–Crippen LogP) is 4.10. The molecule has 1 aromatic carbocycles. The summed E-state index contributed by atoms with van der Waals surface area (Å²) >= 11 is 0. The highest BCUT2D eigenvalue weighted by molar-refractivity contribution is 5.89. The van der Waals surface area contributed by atoms with Gasteiger partial charge in [0.2, 0.25) is 0 Å². The molecule has 0 heterocycles. The van der Waals surface area contributed by atoms with Crippen LogP contribution in [0.1, 0.15) is 54.9 Å². The first-order valence-electron chi connectivity index (χ1n) is 7.59. The van der Waals surface area contributed by atoms with Gasteiger partial charge in [-0.25, -0.2) is 4.79 Å². The fraction of sp³-hybridized carbons (Fsp3) is 0.588. The molecule has 20 heavy (non-hydrogen) atoms. The van der Waals surface area contributed by atoms with E-state index in [1.54, 1.807) is 6.07 Å². The maximum absolute atomic E-state index is 11.1. The van der Waals surface area contributed by atoms with Gasteiger partial charge in [-0.1, -0.05) is 13.3 Å². The van der Waals surface area contributed by atoms with Crippen LogP contribution in [-0.4, -0.2) is 24.2 Å². The summed E-state index contributed by atoms with van der Waals surface area (Å²) in [5, 5.41) is 9.09. The van der Waals surface area contributed by atoms with E-state index < -0.39 is 5.97 Å². The molecule has 1 aliphatic carbocycles. The Labute approximate surface area is 121 Å². The van der Waals surface area contributed by atoms with Crippen molar-refractivity contribution in [2.45, 2.75) is 52.0 Å². The van der Waals surface area contributed by atoms with E-state index in [0.29, 0.717) is 11.6 Å². The third-order valence-electron chi connectivity index (χ3n) is 4.79. The molecule has 1 saturated carbocycles. The van der Waals surface area contributed by atoms with Crippen LogP contribution in [-0.2, 0) is 0 Å². The first-order chi connectivity index (χ1) is 9.52. The third kappa shape index (κ3) is 3.14. The van der Waals surface area contributed by atoms with E-state index in [0.717, 1.165) is 17.2 Å². The molecule has 0 radical (unpaired) electrons. The number of hydrogen-bond acceptors (Lipinski definition) is 2. The highest BCUT2D eigenvalue weighted by Gasteiger charge is 2.23. The molecule has 110 valence electrons. The molecule has 1 aliphatic rings. The Balaban J connectivity index is 2.08. The van der Waals surface area contributed by atoms with Crippen molar-refractivity contribution in [1.82, 2.24) is 0 Å². The fourth-order valence-electron chi connectivity index (χ4n) is 3.26. The molecule has 3 heteroatoms. The van der Waals surface area contributed by atoms with Gasteiger partial charge in [-0.15, -0.1) is 0 Å². The molecule has 2 rings (SSSR count). The van der Waals surface area contributed by atoms with Crippen LogP contribution >= 0.6 is 0 Å². The number of carbonyl (C=O) groups is 1. The highest BCUT2D eigenvalue weighted by Crippen LogP contribution is 2.31. The van der Waals surface area contributed by atoms with Gasteiger partial charge >= 0.3 is 5.97 Å². The number of carboxylic acid groups (broad SMARTS) is 1. The molecule has 0 amide bonds. The van der Waals surface area contributed by atoms with Crippen molar-refractivity contribution in [2.75, 3.05) is 11.9 Å². The molecular weight excluding hydrogens is 250 g/mol. The number of anilines is 1. The molecule has 0 atom stereocenters. The molecule has 3 nitrogen and oxygen atoms in total. The Kier molecular flexibility index (Phi) is 4.69. The topological polar surface area (TPSA) is 40.5 Å². The maximum atomic E-state index is 11.1. The number of nitrogens with zero attached hydrogens (tertiary/aromatic N) is 1. The van der Waals surface area contributed by atoms with Crippen molar-refractivity contribution in [3.05, 3.63) is 29.3 Å². The van der Waals surface area contributed by atoms with Gasteiger partial charge in [-0.05, 0) is 62.3 Å². The van der Waals surface area contributed by atoms with Gasteiger partial charge in [0.05, 0.1) is 5.56 Å². The number of benzene rings is 1. The second-order valence-corrected chi connectivity index (χ2v) is 6.00. The molecule has 0 saturated heterocycles. The summed E-state index contributed by atoms with van der Waals surface area (Å²) in [4.78, 5) is 13.4. The van der Waals surface area contributed by atoms with Gasteiger partial charge in [0.1, 0.15) is 0 Å². The molecule has 1 fully saturated rings. The van der Waals surface area contributed by atoms with Crippen molar-refractivity contribution >= 4 is 11.7 Å². The monoisotopic (exact) mass is 275 g/mol. The highest BCUT2D eigenvalue weighted by atomic mass is 16.4. The zero-order valence-electron chi connectivity index (χ0n) is 12.7. The van der Waals surface area contributed by atoms with E-state index in [4.69, 9.17) is 5.11 Å². The number of aryl methyl sites for hydroxylation is 1. The van der Waals surface area contributed by atoms with Crippen LogP contribution < -0.4 is 4.90 Å². The van der Waals surface area contributed by atoms with Gasteiger partial charge in [0.25, 0.3) is 0 Å². The molecule has 1 N–H and O–H groups in total. The second kappa shape index (κ2) is 6.29. The SMILES string of the molecule is CCC1CCC(N(C)c2ccc(C(=O)O)c(C)c2)CC1. The first-order valence-corrected chi connectivity index (χ1v) is 7.59. The molecule has 0 unspecified atom stereocenters. The van der Waals surface area contributed by atoms with E-state index in [1.807, 2.05) is 19.1 Å². The Hall–Kier alpha value is -1.51. The van der Waals surface area contributed by atoms with Crippen molar-refractivity contribution in [3.63, 3.8) is 0 Å². The van der Waals surface area contributed by atoms with Gasteiger partial charge < -0.3 is 10.0 Å². The standard InChI is InChI=1S/C17H25NO2/c1-4-13-5-7-14(8-6-13)18(3)15-9-10-16(17(19)20)12(2)11-15/h9-11,13-14H,4-8H2,1-3H3,(H,19,20). The average Bonchev–Trinajstić information content (AvgIpc) is 2.46. The van der Waals surface area contributed by atoms with Crippen LogP contribution in [0, 0.1) is 12.8 Å². The fourth-order valence-corrected chi connectivity index (χ4v) is 3.26. The predicted molar refractivity (Wildman–Crippen MR) is 82.6 cm³/mol. The summed E-state index contributed by atoms with van der Waals surface area (Å²) in [5.74, 6) is 0.0518. The lowest BCUT2D eigenvalue weighted by atomic mass is 9.84. The largest absolute Gasteiger partial charge is 0.478 e. The number of hydrogen-bond donors (Lipinski definition) is 1. The number of aromatic carboxylic acids is 1. The van der Waals surface area contributed by atoms with Gasteiger partial charge in [0, 0.05) is 18.8 Å². The van der Waals surface area contributed by atoms with Crippen LogP contribution in [0.4, 0.5) is 5.69 Å². The number of rotatable bonds is 4. The Morgan fingerprint density at radius 1 is 1.30 bits per heavy atom. The lowest BCUT2D eigenvalue weighted by Gasteiger charge is -2.36. The summed E-state index contributed by atoms with van der Waals surface area (Å²) < 4.78 is 0. The quantitative estimate of drug-likeness (QED) is 0.899. The van der Waals surface area contributed by atoms with Crippen molar-refractivity contribution in [3.8, 4) is 0 Å². The zero-order chi connectivity index (χ0) is 14.7. The molecule has 0 spiro atoms. The Morgan fingerprint density at radius 2 is 1.95 bits per heavy atom. The smallest absolute Gasteiger partial charge is 0.335 e. The minimum absolute atomic E-state index is 0.400. The minimum atomic E-state index is -0.847. The van der Waals surface area contributed by atoms with E-state index in [-0.39, 0.29) is 0 Å². The second-order valence-electron chi connectivity index (χ2n) is 6.00. The van der Waals surface area contributed by atoms with E-state index in [9.17, 15) is 4.79 Å². The van der Waals surface area contributed by atoms with E-state index in [1.165, 1.54) is 32.1 Å². The zero-order valence-corrected chi connectivity index (χ0v) is 12.7. The molecule has 0 aliphatic heterocycles. The lowest BCUT2D eigenvalue weighted by molar-refractivity contribution is 0.0696. The van der Waals surface area contributed by atoms with E-state index >= 15 is 0 Å². The van der Waals surface area contributed by atoms with Crippen LogP contribution in [0.5, 0.6) is 0 Å². The molecule has 1 aromatic rings. The van der Waals surface area contributed by atoms with Gasteiger partial charge in [0.15, 0.2) is 0 Å². The van der Waals surface area contributed by atoms with Crippen molar-refractivity contribution in [1.29, 1.82) is 0 Å². The first kappa shape index (κ1) is 14.9. The minimum Gasteiger partial charge on any atom is -0.478 e. The van der Waals surface area contributed by atoms with E-state index in [2.05, 4.69) is 18.9 Å². The lowest BCUT2D eigenvalue weighted by Crippen LogP contribution is -2.35. The third-order valence-corrected chi connectivity index (χ3v) is 4.79. The summed E-state index contributed by atoms with van der Waals surface area (Å²) in [6, 6.07) is 6.24. The average molecular weight is 275 g/mol. The summed E-state index contributed by atoms with van der Waals surface area (Å²) in [7, 11) is 2.13. The maximum Gasteiger partial charge on any atom is 0.335 e. The Bertz CT molecular complexity index is 476. The van der Waals surface area contributed by atoms with Gasteiger partial charge in [-0.3, -0.25) is 0 Å². The summed E-state index contributed by atoms with van der Waals surface area (Å²) in [6.45, 7) is 4.15. The molecule has 0 aromatic heterocycles. The molecule has 0 bridgehead atoms. The molecular formula is C17H25NO2. The van der Waals surface area contributed by atoms with Gasteiger partial charge in [-0.2, -0.15) is 0 Å². The van der Waals surface area contributed by atoms with Crippen LogP contribution in [0.2, 0.25) is 0 Å². The summed E-state index contributed by atoms with van der Waals surface area (Å²) in [5.41, 5.74) is 2.37. The Morgan fingerprint density at radius 3 is 2.45 bits per heavy atom. The van der Waals surface area contributed by atoms with Crippen LogP contribution in [0.15, 0.2) is 18.2 Å². The van der Waals surface area contributed by atoms with Crippen molar-refractivity contribution < 1.29 is 9.90 Å². The summed E-state index contributed by atoms with van der Waals surface area (Å²) in [6.07, 6.45) is 6.42. The van der Waals surface area contributed by atoms with Crippen molar-refractivity contribution in [2.24, 2.45) is 5.92 Å². The normalized spacial score (nSPS) is 22.6. The number of carboxylic acids is 1.